The Morgan fingerprint density at radius 2 is 1.74 bits per heavy atom. The van der Waals surface area contributed by atoms with Gasteiger partial charge >= 0.3 is 5.97 Å². The van der Waals surface area contributed by atoms with E-state index in [2.05, 4.69) is 10.3 Å². The van der Waals surface area contributed by atoms with E-state index in [4.69, 9.17) is 9.15 Å². The lowest BCUT2D eigenvalue weighted by Gasteiger charge is -2.08. The first-order valence-electron chi connectivity index (χ1n) is 8.74. The van der Waals surface area contributed by atoms with Gasteiger partial charge in [0, 0.05) is 17.3 Å². The zero-order chi connectivity index (χ0) is 18.6. The fourth-order valence-corrected chi connectivity index (χ4v) is 2.84. The van der Waals surface area contributed by atoms with Crippen LogP contribution in [0.15, 0.2) is 77.2 Å². The van der Waals surface area contributed by atoms with Crippen molar-refractivity contribution in [2.45, 2.75) is 6.92 Å². The van der Waals surface area contributed by atoms with Gasteiger partial charge in [-0.05, 0) is 25.1 Å². The summed E-state index contributed by atoms with van der Waals surface area (Å²) in [5, 5.41) is 4.07. The van der Waals surface area contributed by atoms with Crippen LogP contribution in [-0.4, -0.2) is 17.6 Å². The summed E-state index contributed by atoms with van der Waals surface area (Å²) in [6.45, 7) is 2.05. The molecule has 0 fully saturated rings. The zero-order valence-electron chi connectivity index (χ0n) is 14.8. The van der Waals surface area contributed by atoms with Gasteiger partial charge in [0.1, 0.15) is 17.2 Å². The molecule has 134 valence electrons. The van der Waals surface area contributed by atoms with Gasteiger partial charge < -0.3 is 14.5 Å². The van der Waals surface area contributed by atoms with Gasteiger partial charge in [-0.2, -0.15) is 0 Å². The fraction of sp³-hybridized carbons (Fsp3) is 0.0909. The van der Waals surface area contributed by atoms with Crippen molar-refractivity contribution in [2.75, 3.05) is 11.9 Å². The normalized spacial score (nSPS) is 10.7. The SMILES string of the molecule is CCOC(=O)c1cc2oc(-c3ccccc3)cc2c(Nc2ccccc2)n1. The topological polar surface area (TPSA) is 64.4 Å². The van der Waals surface area contributed by atoms with E-state index in [1.54, 1.807) is 13.0 Å². The standard InChI is InChI=1S/C22H18N2O3/c1-2-26-22(25)18-14-20-17(13-19(27-20)15-9-5-3-6-10-15)21(24-18)23-16-11-7-4-8-12-16/h3-14H,2H2,1H3,(H,23,24). The predicted molar refractivity (Wildman–Crippen MR) is 105 cm³/mol. The van der Waals surface area contributed by atoms with Crippen molar-refractivity contribution in [2.24, 2.45) is 0 Å². The summed E-state index contributed by atoms with van der Waals surface area (Å²) < 4.78 is 11.1. The molecule has 0 radical (unpaired) electrons. The Balaban J connectivity index is 1.84. The Kier molecular flexibility index (Phi) is 4.58. The maximum absolute atomic E-state index is 12.2. The molecule has 0 saturated carbocycles. The molecule has 2 aromatic heterocycles. The summed E-state index contributed by atoms with van der Waals surface area (Å²) in [6.07, 6.45) is 0. The largest absolute Gasteiger partial charge is 0.461 e. The Bertz CT molecular complexity index is 1070. The molecule has 0 bridgehead atoms. The number of rotatable bonds is 5. The first-order valence-corrected chi connectivity index (χ1v) is 8.74. The maximum atomic E-state index is 12.2. The van der Waals surface area contributed by atoms with E-state index >= 15 is 0 Å². The van der Waals surface area contributed by atoms with Crippen molar-refractivity contribution in [1.82, 2.24) is 4.98 Å². The fourth-order valence-electron chi connectivity index (χ4n) is 2.84. The molecule has 0 aliphatic heterocycles. The van der Waals surface area contributed by atoms with Crippen LogP contribution in [0.2, 0.25) is 0 Å². The monoisotopic (exact) mass is 358 g/mol. The van der Waals surface area contributed by atoms with Crippen LogP contribution in [0, 0.1) is 0 Å². The van der Waals surface area contributed by atoms with Gasteiger partial charge in [-0.25, -0.2) is 9.78 Å². The second-order valence-electron chi connectivity index (χ2n) is 5.96. The van der Waals surface area contributed by atoms with Gasteiger partial charge in [0.25, 0.3) is 0 Å². The molecule has 0 aliphatic carbocycles. The van der Waals surface area contributed by atoms with Crippen LogP contribution in [0.3, 0.4) is 0 Å². The number of hydrogen-bond acceptors (Lipinski definition) is 5. The number of pyridine rings is 1. The Morgan fingerprint density at radius 1 is 1.04 bits per heavy atom. The number of benzene rings is 2. The molecule has 5 heteroatoms. The number of para-hydroxylation sites is 1. The van der Waals surface area contributed by atoms with E-state index in [0.29, 0.717) is 17.2 Å². The van der Waals surface area contributed by atoms with Crippen LogP contribution in [0.25, 0.3) is 22.3 Å². The number of anilines is 2. The van der Waals surface area contributed by atoms with Crippen LogP contribution < -0.4 is 5.32 Å². The first-order chi connectivity index (χ1) is 13.2. The number of ether oxygens (including phenoxy) is 1. The van der Waals surface area contributed by atoms with Crippen molar-refractivity contribution in [1.29, 1.82) is 0 Å². The van der Waals surface area contributed by atoms with Crippen molar-refractivity contribution < 1.29 is 13.9 Å². The number of fused-ring (bicyclic) bond motifs is 1. The van der Waals surface area contributed by atoms with Crippen molar-refractivity contribution in [3.8, 4) is 11.3 Å². The second kappa shape index (κ2) is 7.33. The summed E-state index contributed by atoms with van der Waals surface area (Å²) in [6, 6.07) is 23.0. The quantitative estimate of drug-likeness (QED) is 0.483. The molecule has 2 heterocycles. The second-order valence-corrected chi connectivity index (χ2v) is 5.96. The molecule has 27 heavy (non-hydrogen) atoms. The van der Waals surface area contributed by atoms with Crippen molar-refractivity contribution in [3.63, 3.8) is 0 Å². The van der Waals surface area contributed by atoms with Crippen LogP contribution in [-0.2, 0) is 4.74 Å². The molecule has 0 spiro atoms. The Morgan fingerprint density at radius 3 is 2.44 bits per heavy atom. The van der Waals surface area contributed by atoms with E-state index in [9.17, 15) is 4.79 Å². The number of nitrogens with one attached hydrogen (secondary N) is 1. The average molecular weight is 358 g/mol. The van der Waals surface area contributed by atoms with Gasteiger partial charge in [-0.3, -0.25) is 0 Å². The first kappa shape index (κ1) is 16.8. The predicted octanol–water partition coefficient (Wildman–Crippen LogP) is 5.42. The highest BCUT2D eigenvalue weighted by Gasteiger charge is 2.17. The minimum Gasteiger partial charge on any atom is -0.461 e. The minimum absolute atomic E-state index is 0.205. The highest BCUT2D eigenvalue weighted by atomic mass is 16.5. The maximum Gasteiger partial charge on any atom is 0.357 e. The molecular weight excluding hydrogens is 340 g/mol. The summed E-state index contributed by atoms with van der Waals surface area (Å²) in [5.74, 6) is 0.783. The molecule has 0 unspecified atom stereocenters. The number of esters is 1. The zero-order valence-corrected chi connectivity index (χ0v) is 14.8. The van der Waals surface area contributed by atoms with Crippen molar-refractivity contribution in [3.05, 3.63) is 78.5 Å². The summed E-state index contributed by atoms with van der Waals surface area (Å²) in [4.78, 5) is 16.7. The average Bonchev–Trinajstić information content (AvgIpc) is 3.14. The lowest BCUT2D eigenvalue weighted by Crippen LogP contribution is -2.08. The smallest absolute Gasteiger partial charge is 0.357 e. The molecular formula is C22H18N2O3. The van der Waals surface area contributed by atoms with Gasteiger partial charge in [-0.1, -0.05) is 48.5 Å². The van der Waals surface area contributed by atoms with Crippen molar-refractivity contribution >= 4 is 28.4 Å². The highest BCUT2D eigenvalue weighted by Crippen LogP contribution is 2.33. The number of carbonyl (C=O) groups is 1. The minimum atomic E-state index is -0.479. The number of hydrogen-bond donors (Lipinski definition) is 1. The highest BCUT2D eigenvalue weighted by molar-refractivity contribution is 5.98. The number of nitrogens with zero attached hydrogens (tertiary/aromatic N) is 1. The van der Waals surface area contributed by atoms with E-state index in [-0.39, 0.29) is 12.3 Å². The number of aromatic nitrogens is 1. The molecule has 5 nitrogen and oxygen atoms in total. The third-order valence-electron chi connectivity index (χ3n) is 4.10. The van der Waals surface area contributed by atoms with Crippen LogP contribution in [0.4, 0.5) is 11.5 Å². The van der Waals surface area contributed by atoms with E-state index in [0.717, 1.165) is 16.6 Å². The van der Waals surface area contributed by atoms with Crippen LogP contribution in [0.1, 0.15) is 17.4 Å². The van der Waals surface area contributed by atoms with Gasteiger partial charge in [0.2, 0.25) is 0 Å². The molecule has 0 amide bonds. The Labute approximate surface area is 156 Å². The van der Waals surface area contributed by atoms with E-state index < -0.39 is 5.97 Å². The van der Waals surface area contributed by atoms with E-state index in [1.165, 1.54) is 0 Å². The Hall–Kier alpha value is -3.60. The summed E-state index contributed by atoms with van der Waals surface area (Å²) in [5.41, 5.74) is 2.61. The van der Waals surface area contributed by atoms with Crippen LogP contribution in [0.5, 0.6) is 0 Å². The third kappa shape index (κ3) is 3.53. The number of carbonyl (C=O) groups excluding carboxylic acids is 1. The lowest BCUT2D eigenvalue weighted by molar-refractivity contribution is 0.0519. The lowest BCUT2D eigenvalue weighted by atomic mass is 10.1. The molecule has 0 saturated heterocycles. The van der Waals surface area contributed by atoms with E-state index in [1.807, 2.05) is 66.7 Å². The molecule has 2 aromatic carbocycles. The molecule has 4 rings (SSSR count). The summed E-state index contributed by atoms with van der Waals surface area (Å²) in [7, 11) is 0. The van der Waals surface area contributed by atoms with Gasteiger partial charge in [0.15, 0.2) is 5.69 Å². The van der Waals surface area contributed by atoms with Crippen LogP contribution >= 0.6 is 0 Å². The third-order valence-corrected chi connectivity index (χ3v) is 4.10. The number of furan rings is 1. The van der Waals surface area contributed by atoms with Gasteiger partial charge in [-0.15, -0.1) is 0 Å². The summed E-state index contributed by atoms with van der Waals surface area (Å²) >= 11 is 0. The molecule has 4 aromatic rings. The molecule has 0 aliphatic rings. The van der Waals surface area contributed by atoms with Gasteiger partial charge in [0.05, 0.1) is 12.0 Å². The molecule has 1 N–H and O–H groups in total. The molecule has 0 atom stereocenters.